The van der Waals surface area contributed by atoms with Gasteiger partial charge in [-0.3, -0.25) is 4.79 Å². The molecule has 0 spiro atoms. The number of aliphatic hydroxyl groups excluding tert-OH is 1. The number of hydrogen-bond donors (Lipinski definition) is 2. The van der Waals surface area contributed by atoms with Crippen LogP contribution in [0, 0.1) is 17.8 Å². The fraction of sp³-hybridized carbons (Fsp3) is 0.783. The van der Waals surface area contributed by atoms with E-state index >= 15 is 0 Å². The number of carbonyl (C=O) groups excluding carboxylic acids is 1. The number of rotatable bonds is 11. The maximum absolute atomic E-state index is 11.6. The van der Waals surface area contributed by atoms with E-state index < -0.39 is 5.60 Å². The van der Waals surface area contributed by atoms with E-state index in [4.69, 9.17) is 0 Å². The average molecular weight is 410 g/mol. The molecular weight excluding hydrogens is 370 g/mol. The Morgan fingerprint density at radius 3 is 2.86 bits per heavy atom. The molecule has 4 nitrogen and oxygen atoms in total. The summed E-state index contributed by atoms with van der Waals surface area (Å²) in [7, 11) is 3.59. The standard InChI is InChI=1S/C23H39NO3S/c1-5-6-10-23(2,27)11-7-8-19-20-14-17(13-18(20)15-21(19)25)9-12-28-16-22(26)24(3)4/h7-8,13,18-21,25,27H,5-6,9-12,14-16H2,1-4H3/t18-,19+,20-,21+,23-/m0/s1. The molecule has 0 heterocycles. The molecule has 1 fully saturated rings. The maximum atomic E-state index is 11.6. The van der Waals surface area contributed by atoms with Gasteiger partial charge >= 0.3 is 0 Å². The second kappa shape index (κ2) is 10.8. The van der Waals surface area contributed by atoms with Crippen molar-refractivity contribution < 1.29 is 15.0 Å². The van der Waals surface area contributed by atoms with Gasteiger partial charge in [0.1, 0.15) is 0 Å². The molecule has 0 unspecified atom stereocenters. The molecule has 2 aliphatic rings. The van der Waals surface area contributed by atoms with Gasteiger partial charge in [-0.2, -0.15) is 11.8 Å². The molecule has 0 aromatic heterocycles. The van der Waals surface area contributed by atoms with Crippen LogP contribution in [0.3, 0.4) is 0 Å². The molecule has 2 aliphatic carbocycles. The maximum Gasteiger partial charge on any atom is 0.232 e. The first kappa shape index (κ1) is 23.5. The van der Waals surface area contributed by atoms with E-state index in [1.165, 1.54) is 5.57 Å². The Hall–Kier alpha value is -0.780. The van der Waals surface area contributed by atoms with E-state index in [9.17, 15) is 15.0 Å². The minimum absolute atomic E-state index is 0.172. The van der Waals surface area contributed by atoms with E-state index in [1.807, 2.05) is 6.92 Å². The first-order valence-corrected chi connectivity index (χ1v) is 11.9. The minimum atomic E-state index is -0.643. The Bertz CT molecular complexity index is 570. The summed E-state index contributed by atoms with van der Waals surface area (Å²) < 4.78 is 0. The zero-order valence-corrected chi connectivity index (χ0v) is 18.9. The van der Waals surface area contributed by atoms with Gasteiger partial charge < -0.3 is 15.1 Å². The molecule has 0 saturated heterocycles. The fourth-order valence-electron chi connectivity index (χ4n) is 4.42. The summed E-state index contributed by atoms with van der Waals surface area (Å²) in [6.45, 7) is 4.05. The number of unbranched alkanes of at least 4 members (excludes halogenated alkanes) is 1. The van der Waals surface area contributed by atoms with Crippen molar-refractivity contribution in [3.05, 3.63) is 23.8 Å². The lowest BCUT2D eigenvalue weighted by atomic mass is 9.88. The number of carbonyl (C=O) groups is 1. The molecule has 1 saturated carbocycles. The predicted octanol–water partition coefficient (Wildman–Crippen LogP) is 4.03. The Morgan fingerprint density at radius 1 is 1.43 bits per heavy atom. The summed E-state index contributed by atoms with van der Waals surface area (Å²) >= 11 is 1.71. The Labute approximate surface area is 175 Å². The van der Waals surface area contributed by atoms with Crippen molar-refractivity contribution in [1.82, 2.24) is 4.90 Å². The molecule has 0 aromatic rings. The van der Waals surface area contributed by atoms with Crippen molar-refractivity contribution in [1.29, 1.82) is 0 Å². The van der Waals surface area contributed by atoms with Gasteiger partial charge in [0.25, 0.3) is 0 Å². The van der Waals surface area contributed by atoms with Gasteiger partial charge in [0, 0.05) is 20.0 Å². The quantitative estimate of drug-likeness (QED) is 0.400. The zero-order valence-electron chi connectivity index (χ0n) is 18.1. The van der Waals surface area contributed by atoms with Crippen LogP contribution in [0.5, 0.6) is 0 Å². The van der Waals surface area contributed by atoms with Crippen LogP contribution >= 0.6 is 11.8 Å². The SMILES string of the molecule is CCCC[C@](C)(O)CC=C[C@@H]1[C@H]2CC(CCSCC(=O)N(C)C)=C[C@H]2C[C@H]1O. The highest BCUT2D eigenvalue weighted by Crippen LogP contribution is 2.48. The molecule has 0 aliphatic heterocycles. The Balaban J connectivity index is 1.78. The number of amides is 1. The van der Waals surface area contributed by atoms with E-state index in [0.717, 1.165) is 44.3 Å². The molecule has 2 rings (SSSR count). The third-order valence-electron chi connectivity index (χ3n) is 6.23. The first-order chi connectivity index (χ1) is 13.2. The number of thioether (sulfide) groups is 1. The summed E-state index contributed by atoms with van der Waals surface area (Å²) in [4.78, 5) is 13.3. The van der Waals surface area contributed by atoms with Crippen LogP contribution in [0.4, 0.5) is 0 Å². The Morgan fingerprint density at radius 2 is 2.18 bits per heavy atom. The van der Waals surface area contributed by atoms with Crippen LogP contribution in [-0.4, -0.2) is 58.3 Å². The van der Waals surface area contributed by atoms with Gasteiger partial charge in [-0.25, -0.2) is 0 Å². The minimum Gasteiger partial charge on any atom is -0.392 e. The average Bonchev–Trinajstić information content (AvgIpc) is 3.14. The van der Waals surface area contributed by atoms with Crippen molar-refractivity contribution in [3.63, 3.8) is 0 Å². The molecule has 5 atom stereocenters. The summed E-state index contributed by atoms with van der Waals surface area (Å²) in [5, 5.41) is 20.9. The lowest BCUT2D eigenvalue weighted by Crippen LogP contribution is -2.23. The van der Waals surface area contributed by atoms with E-state index in [0.29, 0.717) is 24.0 Å². The summed E-state index contributed by atoms with van der Waals surface area (Å²) in [6, 6.07) is 0. The summed E-state index contributed by atoms with van der Waals surface area (Å²) in [5.41, 5.74) is 0.843. The molecule has 0 aromatic carbocycles. The number of allylic oxidation sites excluding steroid dienone is 2. The predicted molar refractivity (Wildman–Crippen MR) is 118 cm³/mol. The summed E-state index contributed by atoms with van der Waals surface area (Å²) in [5.74, 6) is 2.88. The van der Waals surface area contributed by atoms with Gasteiger partial charge in [0.05, 0.1) is 17.5 Å². The monoisotopic (exact) mass is 409 g/mol. The van der Waals surface area contributed by atoms with Gasteiger partial charge in [-0.05, 0) is 56.6 Å². The van der Waals surface area contributed by atoms with Crippen LogP contribution in [0.25, 0.3) is 0 Å². The summed E-state index contributed by atoms with van der Waals surface area (Å²) in [6.07, 6.45) is 12.9. The molecule has 0 radical (unpaired) electrons. The molecule has 2 N–H and O–H groups in total. The molecule has 0 bridgehead atoms. The van der Waals surface area contributed by atoms with E-state index in [1.54, 1.807) is 30.8 Å². The highest BCUT2D eigenvalue weighted by atomic mass is 32.2. The molecule has 160 valence electrons. The van der Waals surface area contributed by atoms with Gasteiger partial charge in [0.15, 0.2) is 0 Å². The number of nitrogens with zero attached hydrogens (tertiary/aromatic N) is 1. The van der Waals surface area contributed by atoms with Crippen molar-refractivity contribution in [3.8, 4) is 0 Å². The third kappa shape index (κ3) is 6.93. The van der Waals surface area contributed by atoms with Crippen LogP contribution in [0.1, 0.15) is 58.8 Å². The van der Waals surface area contributed by atoms with Crippen LogP contribution in [0.2, 0.25) is 0 Å². The third-order valence-corrected chi connectivity index (χ3v) is 7.17. The van der Waals surface area contributed by atoms with Crippen LogP contribution in [0.15, 0.2) is 23.8 Å². The largest absolute Gasteiger partial charge is 0.392 e. The van der Waals surface area contributed by atoms with Gasteiger partial charge in [-0.1, -0.05) is 43.6 Å². The highest BCUT2D eigenvalue weighted by Gasteiger charge is 2.43. The second-order valence-corrected chi connectivity index (χ2v) is 10.2. The van der Waals surface area contributed by atoms with E-state index in [-0.39, 0.29) is 17.9 Å². The van der Waals surface area contributed by atoms with Gasteiger partial charge in [0.2, 0.25) is 5.91 Å². The lowest BCUT2D eigenvalue weighted by molar-refractivity contribution is -0.125. The number of fused-ring (bicyclic) bond motifs is 1. The smallest absolute Gasteiger partial charge is 0.232 e. The Kier molecular flexibility index (Phi) is 9.10. The molecular formula is C23H39NO3S. The zero-order chi connectivity index (χ0) is 20.7. The topological polar surface area (TPSA) is 60.8 Å². The second-order valence-electron chi connectivity index (χ2n) is 9.06. The normalized spacial score (nSPS) is 29.0. The van der Waals surface area contributed by atoms with Crippen LogP contribution in [-0.2, 0) is 4.79 Å². The molecule has 1 amide bonds. The van der Waals surface area contributed by atoms with Crippen molar-refractivity contribution in [2.75, 3.05) is 25.6 Å². The molecule has 5 heteroatoms. The van der Waals surface area contributed by atoms with Crippen LogP contribution < -0.4 is 0 Å². The number of aliphatic hydroxyl groups is 2. The molecule has 28 heavy (non-hydrogen) atoms. The van der Waals surface area contributed by atoms with Crippen molar-refractivity contribution in [2.24, 2.45) is 17.8 Å². The number of hydrogen-bond acceptors (Lipinski definition) is 4. The highest BCUT2D eigenvalue weighted by molar-refractivity contribution is 7.99. The van der Waals surface area contributed by atoms with E-state index in [2.05, 4.69) is 25.2 Å². The van der Waals surface area contributed by atoms with Crippen molar-refractivity contribution in [2.45, 2.75) is 70.5 Å². The van der Waals surface area contributed by atoms with Gasteiger partial charge in [-0.15, -0.1) is 0 Å². The first-order valence-electron chi connectivity index (χ1n) is 10.8. The van der Waals surface area contributed by atoms with Crippen molar-refractivity contribution >= 4 is 17.7 Å². The fourth-order valence-corrected chi connectivity index (χ4v) is 5.40. The lowest BCUT2D eigenvalue weighted by Gasteiger charge is -2.22.